The van der Waals surface area contributed by atoms with E-state index < -0.39 is 6.10 Å². The molecule has 0 fully saturated rings. The van der Waals surface area contributed by atoms with Gasteiger partial charge in [-0.25, -0.2) is 0 Å². The lowest BCUT2D eigenvalue weighted by atomic mass is 10.1. The second kappa shape index (κ2) is 61.2. The number of ether oxygens (including phenoxy) is 3. The molecule has 0 radical (unpaired) electrons. The van der Waals surface area contributed by atoms with Crippen LogP contribution >= 0.6 is 0 Å². The molecule has 0 aromatic carbocycles. The molecule has 422 valence electrons. The summed E-state index contributed by atoms with van der Waals surface area (Å²) in [7, 11) is 0. The maximum absolute atomic E-state index is 12.9. The number of unbranched alkanes of at least 4 members (excludes halogenated alkanes) is 42. The van der Waals surface area contributed by atoms with Gasteiger partial charge in [-0.3, -0.25) is 14.4 Å². The highest BCUT2D eigenvalue weighted by Crippen LogP contribution is 2.17. The Labute approximate surface area is 448 Å². The average molecular weight is 1010 g/mol. The number of carbonyl (C=O) groups excluding carboxylic acids is 3. The molecule has 0 aromatic rings. The van der Waals surface area contributed by atoms with Crippen LogP contribution in [0.5, 0.6) is 0 Å². The van der Waals surface area contributed by atoms with Gasteiger partial charge in [0.25, 0.3) is 0 Å². The molecule has 6 heteroatoms. The van der Waals surface area contributed by atoms with Crippen molar-refractivity contribution in [3.63, 3.8) is 0 Å². The summed E-state index contributed by atoms with van der Waals surface area (Å²) in [4.78, 5) is 38.3. The van der Waals surface area contributed by atoms with Crippen LogP contribution in [0.15, 0.2) is 36.5 Å². The highest BCUT2D eigenvalue weighted by atomic mass is 16.6. The quantitative estimate of drug-likeness (QED) is 0.0261. The molecule has 0 aliphatic heterocycles. The minimum atomic E-state index is -0.776. The van der Waals surface area contributed by atoms with E-state index in [0.29, 0.717) is 19.3 Å². The average Bonchev–Trinajstić information content (AvgIpc) is 3.38. The number of allylic oxidation sites excluding steroid dienone is 6. The molecular formula is C66H122O6. The third-order valence-electron chi connectivity index (χ3n) is 14.3. The van der Waals surface area contributed by atoms with Gasteiger partial charge in [-0.1, -0.05) is 269 Å². The van der Waals surface area contributed by atoms with E-state index >= 15 is 0 Å². The van der Waals surface area contributed by atoms with E-state index in [4.69, 9.17) is 14.2 Å². The van der Waals surface area contributed by atoms with E-state index in [0.717, 1.165) is 64.2 Å². The fraction of sp³-hybridized carbons (Fsp3) is 0.864. The lowest BCUT2D eigenvalue weighted by Crippen LogP contribution is -2.30. The van der Waals surface area contributed by atoms with Crippen molar-refractivity contribution in [2.75, 3.05) is 13.2 Å². The summed E-state index contributed by atoms with van der Waals surface area (Å²) in [6, 6.07) is 0. The van der Waals surface area contributed by atoms with Crippen molar-refractivity contribution < 1.29 is 28.6 Å². The monoisotopic (exact) mass is 1010 g/mol. The molecule has 0 N–H and O–H groups in total. The number of rotatable bonds is 59. The van der Waals surface area contributed by atoms with Crippen LogP contribution < -0.4 is 0 Å². The van der Waals surface area contributed by atoms with Gasteiger partial charge in [-0.15, -0.1) is 0 Å². The van der Waals surface area contributed by atoms with Gasteiger partial charge in [-0.2, -0.15) is 0 Å². The smallest absolute Gasteiger partial charge is 0.306 e. The van der Waals surface area contributed by atoms with Gasteiger partial charge in [0.2, 0.25) is 0 Å². The highest BCUT2D eigenvalue weighted by molar-refractivity contribution is 5.71. The Morgan fingerprint density at radius 3 is 0.722 bits per heavy atom. The molecule has 0 aliphatic carbocycles. The van der Waals surface area contributed by atoms with Crippen LogP contribution in [-0.4, -0.2) is 37.2 Å². The second-order valence-corrected chi connectivity index (χ2v) is 21.7. The van der Waals surface area contributed by atoms with E-state index in [1.165, 1.54) is 244 Å². The molecular weight excluding hydrogens is 889 g/mol. The SMILES string of the molecule is CCCCC/C=C\CCCCCCCC(=O)OCC(COC(=O)CCCCCCCCCCC/C=C\CCCCCCCCCC)OC(=O)CCCCCCCCCCC/C=C\CCCCCCCCCC. The molecule has 0 amide bonds. The first-order chi connectivity index (χ1) is 35.5. The first-order valence-corrected chi connectivity index (χ1v) is 32.0. The van der Waals surface area contributed by atoms with Crippen molar-refractivity contribution in [1.82, 2.24) is 0 Å². The van der Waals surface area contributed by atoms with E-state index in [1.807, 2.05) is 0 Å². The minimum absolute atomic E-state index is 0.0739. The second-order valence-electron chi connectivity index (χ2n) is 21.7. The summed E-state index contributed by atoms with van der Waals surface area (Å²) in [6.45, 7) is 6.66. The molecule has 0 spiro atoms. The molecule has 72 heavy (non-hydrogen) atoms. The highest BCUT2D eigenvalue weighted by Gasteiger charge is 2.19. The first-order valence-electron chi connectivity index (χ1n) is 32.0. The maximum atomic E-state index is 12.9. The van der Waals surface area contributed by atoms with Crippen molar-refractivity contribution in [3.8, 4) is 0 Å². The zero-order chi connectivity index (χ0) is 52.2. The molecule has 6 nitrogen and oxygen atoms in total. The zero-order valence-corrected chi connectivity index (χ0v) is 48.5. The molecule has 1 unspecified atom stereocenters. The van der Waals surface area contributed by atoms with Crippen molar-refractivity contribution >= 4 is 17.9 Å². The number of esters is 3. The van der Waals surface area contributed by atoms with Crippen LogP contribution in [-0.2, 0) is 28.6 Å². The standard InChI is InChI=1S/C66H122O6/c1-4-7-10-13-16-19-22-25-27-29-31-33-35-37-39-41-44-47-50-53-56-59-65(68)71-62-63(61-70-64(67)58-55-52-49-46-43-24-21-18-15-12-9-6-3)72-66(69)60-57-54-51-48-45-42-40-38-36-34-32-30-28-26-23-20-17-14-11-8-5-2/h18,21,29-32,63H,4-17,19-20,22-28,33-62H2,1-3H3/b21-18-,31-29-,32-30-. The third-order valence-corrected chi connectivity index (χ3v) is 14.3. The van der Waals surface area contributed by atoms with Crippen molar-refractivity contribution in [2.24, 2.45) is 0 Å². The van der Waals surface area contributed by atoms with Gasteiger partial charge in [0.15, 0.2) is 6.10 Å². The molecule has 0 bridgehead atoms. The van der Waals surface area contributed by atoms with Crippen molar-refractivity contribution in [3.05, 3.63) is 36.5 Å². The van der Waals surface area contributed by atoms with E-state index in [-0.39, 0.29) is 31.1 Å². The Bertz CT molecular complexity index is 1210. The van der Waals surface area contributed by atoms with Crippen LogP contribution in [0.1, 0.15) is 348 Å². The topological polar surface area (TPSA) is 78.9 Å². The molecule has 0 heterocycles. The summed E-state index contributed by atoms with van der Waals surface area (Å²) in [5.74, 6) is -0.867. The van der Waals surface area contributed by atoms with Gasteiger partial charge in [0.05, 0.1) is 0 Å². The number of hydrogen-bond acceptors (Lipinski definition) is 6. The lowest BCUT2D eigenvalue weighted by Gasteiger charge is -2.18. The lowest BCUT2D eigenvalue weighted by molar-refractivity contribution is -0.167. The largest absolute Gasteiger partial charge is 0.462 e. The minimum Gasteiger partial charge on any atom is -0.462 e. The normalized spacial score (nSPS) is 12.2. The van der Waals surface area contributed by atoms with E-state index in [1.54, 1.807) is 0 Å². The number of hydrogen-bond donors (Lipinski definition) is 0. The molecule has 0 aromatic heterocycles. The maximum Gasteiger partial charge on any atom is 0.306 e. The van der Waals surface area contributed by atoms with Crippen molar-refractivity contribution in [1.29, 1.82) is 0 Å². The first kappa shape index (κ1) is 69.6. The summed E-state index contributed by atoms with van der Waals surface area (Å²) < 4.78 is 16.9. The zero-order valence-electron chi connectivity index (χ0n) is 48.5. The van der Waals surface area contributed by atoms with Gasteiger partial charge in [0.1, 0.15) is 13.2 Å². The predicted octanol–water partition coefficient (Wildman–Crippen LogP) is 21.6. The Morgan fingerprint density at radius 1 is 0.264 bits per heavy atom. The fourth-order valence-electron chi connectivity index (χ4n) is 9.49. The molecule has 0 saturated carbocycles. The molecule has 0 aliphatic rings. The molecule has 0 saturated heterocycles. The van der Waals surface area contributed by atoms with Gasteiger partial charge >= 0.3 is 17.9 Å². The summed E-state index contributed by atoms with van der Waals surface area (Å²) in [6.07, 6.45) is 74.4. The summed E-state index contributed by atoms with van der Waals surface area (Å²) in [5.41, 5.74) is 0. The molecule has 0 rings (SSSR count). The third kappa shape index (κ3) is 58.5. The Kier molecular flexibility index (Phi) is 59.2. The molecule has 1 atom stereocenters. The van der Waals surface area contributed by atoms with Gasteiger partial charge in [0, 0.05) is 19.3 Å². The summed E-state index contributed by atoms with van der Waals surface area (Å²) in [5, 5.41) is 0. The Morgan fingerprint density at radius 2 is 0.458 bits per heavy atom. The van der Waals surface area contributed by atoms with Gasteiger partial charge < -0.3 is 14.2 Å². The number of carbonyl (C=O) groups is 3. The van der Waals surface area contributed by atoms with Crippen LogP contribution in [0.25, 0.3) is 0 Å². The fourth-order valence-corrected chi connectivity index (χ4v) is 9.49. The van der Waals surface area contributed by atoms with Gasteiger partial charge in [-0.05, 0) is 96.3 Å². The van der Waals surface area contributed by atoms with Crippen molar-refractivity contribution in [2.45, 2.75) is 354 Å². The summed E-state index contributed by atoms with van der Waals surface area (Å²) >= 11 is 0. The van der Waals surface area contributed by atoms with Crippen LogP contribution in [0.3, 0.4) is 0 Å². The Hall–Kier alpha value is -2.37. The van der Waals surface area contributed by atoms with Crippen LogP contribution in [0, 0.1) is 0 Å². The van der Waals surface area contributed by atoms with E-state index in [9.17, 15) is 14.4 Å². The van der Waals surface area contributed by atoms with Crippen LogP contribution in [0.4, 0.5) is 0 Å². The van der Waals surface area contributed by atoms with Crippen LogP contribution in [0.2, 0.25) is 0 Å². The van der Waals surface area contributed by atoms with E-state index in [2.05, 4.69) is 57.2 Å². The Balaban J connectivity index is 4.28. The predicted molar refractivity (Wildman–Crippen MR) is 312 cm³/mol.